The lowest BCUT2D eigenvalue weighted by Gasteiger charge is -2.13. The van der Waals surface area contributed by atoms with Crippen molar-refractivity contribution in [2.75, 3.05) is 7.11 Å². The van der Waals surface area contributed by atoms with Gasteiger partial charge in [0.1, 0.15) is 5.75 Å². The smallest absolute Gasteiger partial charge is 0.118 e. The van der Waals surface area contributed by atoms with E-state index in [4.69, 9.17) is 4.74 Å². The van der Waals surface area contributed by atoms with Crippen molar-refractivity contribution in [3.63, 3.8) is 0 Å². The van der Waals surface area contributed by atoms with Crippen LogP contribution < -0.4 is 4.74 Å². The summed E-state index contributed by atoms with van der Waals surface area (Å²) in [5.41, 5.74) is 7.31. The largest absolute Gasteiger partial charge is 0.497 e. The second-order valence-corrected chi connectivity index (χ2v) is 6.22. The van der Waals surface area contributed by atoms with Gasteiger partial charge in [-0.3, -0.25) is 0 Å². The number of benzene rings is 4. The van der Waals surface area contributed by atoms with Crippen LogP contribution in [0.4, 0.5) is 0 Å². The molecule has 126 valence electrons. The Morgan fingerprint density at radius 2 is 1.00 bits per heavy atom. The zero-order valence-electron chi connectivity index (χ0n) is 14.7. The molecule has 0 aromatic heterocycles. The maximum absolute atomic E-state index is 5.30. The first-order chi connectivity index (χ1) is 12.8. The molecular formula is C25H20O. The van der Waals surface area contributed by atoms with Gasteiger partial charge in [0.05, 0.1) is 7.11 Å². The van der Waals surface area contributed by atoms with Crippen LogP contribution in [0.1, 0.15) is 0 Å². The van der Waals surface area contributed by atoms with Gasteiger partial charge < -0.3 is 4.74 Å². The summed E-state index contributed by atoms with van der Waals surface area (Å²) in [6.45, 7) is 0. The van der Waals surface area contributed by atoms with Crippen molar-refractivity contribution in [3.8, 4) is 39.1 Å². The fraction of sp³-hybridized carbons (Fsp3) is 0.0400. The molecule has 0 amide bonds. The zero-order valence-corrected chi connectivity index (χ0v) is 14.7. The standard InChI is InChI=1S/C25H20O/c1-26-23-15-12-21(13-16-23)24-17-14-22(19-8-4-2-5-9-19)18-25(24)20-10-6-3-7-11-20/h2-18H,1H3. The van der Waals surface area contributed by atoms with Crippen molar-refractivity contribution in [2.45, 2.75) is 0 Å². The number of methoxy groups -OCH3 is 1. The molecule has 0 aliphatic rings. The summed E-state index contributed by atoms with van der Waals surface area (Å²) >= 11 is 0. The number of ether oxygens (including phenoxy) is 1. The molecule has 0 bridgehead atoms. The van der Waals surface area contributed by atoms with Crippen LogP contribution in [0.5, 0.6) is 5.75 Å². The second kappa shape index (κ2) is 7.28. The molecule has 0 saturated heterocycles. The Labute approximate surface area is 154 Å². The lowest BCUT2D eigenvalue weighted by atomic mass is 9.91. The molecule has 0 unspecified atom stereocenters. The summed E-state index contributed by atoms with van der Waals surface area (Å²) in [5.74, 6) is 0.871. The van der Waals surface area contributed by atoms with E-state index in [1.807, 2.05) is 18.2 Å². The van der Waals surface area contributed by atoms with Crippen LogP contribution >= 0.6 is 0 Å². The molecule has 0 atom stereocenters. The van der Waals surface area contributed by atoms with Crippen molar-refractivity contribution in [1.29, 1.82) is 0 Å². The third kappa shape index (κ3) is 3.25. The highest BCUT2D eigenvalue weighted by Crippen LogP contribution is 2.36. The lowest BCUT2D eigenvalue weighted by molar-refractivity contribution is 0.415. The molecule has 0 aliphatic heterocycles. The van der Waals surface area contributed by atoms with Crippen LogP contribution in [0.25, 0.3) is 33.4 Å². The Morgan fingerprint density at radius 3 is 1.62 bits per heavy atom. The van der Waals surface area contributed by atoms with E-state index in [0.29, 0.717) is 0 Å². The van der Waals surface area contributed by atoms with E-state index in [-0.39, 0.29) is 0 Å². The quantitative estimate of drug-likeness (QED) is 0.403. The van der Waals surface area contributed by atoms with Gasteiger partial charge in [-0.25, -0.2) is 0 Å². The van der Waals surface area contributed by atoms with Crippen LogP contribution in [-0.4, -0.2) is 7.11 Å². The van der Waals surface area contributed by atoms with Crippen molar-refractivity contribution in [2.24, 2.45) is 0 Å². The predicted octanol–water partition coefficient (Wildman–Crippen LogP) is 6.70. The minimum Gasteiger partial charge on any atom is -0.497 e. The highest BCUT2D eigenvalue weighted by atomic mass is 16.5. The number of hydrogen-bond donors (Lipinski definition) is 0. The van der Waals surface area contributed by atoms with E-state index in [1.54, 1.807) is 7.11 Å². The molecule has 0 spiro atoms. The van der Waals surface area contributed by atoms with Gasteiger partial charge >= 0.3 is 0 Å². The van der Waals surface area contributed by atoms with Gasteiger partial charge in [-0.05, 0) is 51.6 Å². The Bertz CT molecular complexity index is 987. The molecule has 0 radical (unpaired) electrons. The molecular weight excluding hydrogens is 316 g/mol. The van der Waals surface area contributed by atoms with E-state index in [0.717, 1.165) is 5.75 Å². The third-order valence-electron chi connectivity index (χ3n) is 4.61. The van der Waals surface area contributed by atoms with Gasteiger partial charge in [-0.1, -0.05) is 84.9 Å². The number of rotatable bonds is 4. The third-order valence-corrected chi connectivity index (χ3v) is 4.61. The minimum atomic E-state index is 0.871. The van der Waals surface area contributed by atoms with Gasteiger partial charge in [0, 0.05) is 0 Å². The van der Waals surface area contributed by atoms with Gasteiger partial charge in [-0.2, -0.15) is 0 Å². The fourth-order valence-electron chi connectivity index (χ4n) is 3.23. The topological polar surface area (TPSA) is 9.23 Å². The predicted molar refractivity (Wildman–Crippen MR) is 109 cm³/mol. The highest BCUT2D eigenvalue weighted by molar-refractivity contribution is 5.87. The van der Waals surface area contributed by atoms with Crippen LogP contribution in [0.15, 0.2) is 103 Å². The summed E-state index contributed by atoms with van der Waals surface area (Å²) in [7, 11) is 1.69. The summed E-state index contributed by atoms with van der Waals surface area (Å²) in [4.78, 5) is 0. The van der Waals surface area contributed by atoms with Crippen LogP contribution in [0.2, 0.25) is 0 Å². The molecule has 1 nitrogen and oxygen atoms in total. The monoisotopic (exact) mass is 336 g/mol. The molecule has 0 fully saturated rings. The Morgan fingerprint density at radius 1 is 0.462 bits per heavy atom. The lowest BCUT2D eigenvalue weighted by Crippen LogP contribution is -1.88. The van der Waals surface area contributed by atoms with Gasteiger partial charge in [0.15, 0.2) is 0 Å². The van der Waals surface area contributed by atoms with Crippen molar-refractivity contribution in [3.05, 3.63) is 103 Å². The summed E-state index contributed by atoms with van der Waals surface area (Å²) in [5, 5.41) is 0. The first-order valence-electron chi connectivity index (χ1n) is 8.74. The maximum Gasteiger partial charge on any atom is 0.118 e. The Balaban J connectivity index is 1.88. The van der Waals surface area contributed by atoms with Crippen molar-refractivity contribution < 1.29 is 4.74 Å². The van der Waals surface area contributed by atoms with Gasteiger partial charge in [0.25, 0.3) is 0 Å². The fourth-order valence-corrected chi connectivity index (χ4v) is 3.23. The normalized spacial score (nSPS) is 10.5. The molecule has 4 rings (SSSR count). The first-order valence-corrected chi connectivity index (χ1v) is 8.74. The van der Waals surface area contributed by atoms with Gasteiger partial charge in [-0.15, -0.1) is 0 Å². The van der Waals surface area contributed by atoms with Crippen molar-refractivity contribution in [1.82, 2.24) is 0 Å². The van der Waals surface area contributed by atoms with Crippen LogP contribution in [0.3, 0.4) is 0 Å². The molecule has 26 heavy (non-hydrogen) atoms. The molecule has 4 aromatic rings. The molecule has 0 N–H and O–H groups in total. The Hall–Kier alpha value is -3.32. The van der Waals surface area contributed by atoms with E-state index < -0.39 is 0 Å². The average Bonchev–Trinajstić information content (AvgIpc) is 2.75. The number of hydrogen-bond acceptors (Lipinski definition) is 1. The molecule has 0 heterocycles. The molecule has 1 heteroatoms. The van der Waals surface area contributed by atoms with E-state index in [9.17, 15) is 0 Å². The Kier molecular flexibility index (Phi) is 4.53. The van der Waals surface area contributed by atoms with E-state index in [1.165, 1.54) is 33.4 Å². The van der Waals surface area contributed by atoms with Crippen molar-refractivity contribution >= 4 is 0 Å². The van der Waals surface area contributed by atoms with Gasteiger partial charge in [0.2, 0.25) is 0 Å². The minimum absolute atomic E-state index is 0.871. The summed E-state index contributed by atoms with van der Waals surface area (Å²) in [6, 6.07) is 36.0. The van der Waals surface area contributed by atoms with E-state index >= 15 is 0 Å². The van der Waals surface area contributed by atoms with E-state index in [2.05, 4.69) is 84.9 Å². The summed E-state index contributed by atoms with van der Waals surface area (Å²) < 4.78 is 5.30. The molecule has 4 aromatic carbocycles. The highest BCUT2D eigenvalue weighted by Gasteiger charge is 2.10. The zero-order chi connectivity index (χ0) is 17.8. The SMILES string of the molecule is COc1ccc(-c2ccc(-c3ccccc3)cc2-c2ccccc2)cc1. The average molecular weight is 336 g/mol. The first kappa shape index (κ1) is 16.2. The van der Waals surface area contributed by atoms with Crippen LogP contribution in [0, 0.1) is 0 Å². The maximum atomic E-state index is 5.30. The molecule has 0 aliphatic carbocycles. The second-order valence-electron chi connectivity index (χ2n) is 6.22. The summed E-state index contributed by atoms with van der Waals surface area (Å²) in [6.07, 6.45) is 0. The van der Waals surface area contributed by atoms with Crippen LogP contribution in [-0.2, 0) is 0 Å². The molecule has 0 saturated carbocycles.